The highest BCUT2D eigenvalue weighted by Crippen LogP contribution is 2.19. The summed E-state index contributed by atoms with van der Waals surface area (Å²) in [5, 5.41) is 0.378. The van der Waals surface area contributed by atoms with E-state index in [0.717, 1.165) is 5.52 Å². The van der Waals surface area contributed by atoms with E-state index < -0.39 is 5.97 Å². The van der Waals surface area contributed by atoms with E-state index in [-0.39, 0.29) is 17.6 Å². The molecule has 5 nitrogen and oxygen atoms in total. The number of nitrogens with zero attached hydrogens (tertiary/aromatic N) is 1. The predicted octanol–water partition coefficient (Wildman–Crippen LogP) is 2.42. The quantitative estimate of drug-likeness (QED) is 0.692. The minimum atomic E-state index is -0.606. The molecule has 5 heteroatoms. The van der Waals surface area contributed by atoms with E-state index in [1.54, 1.807) is 25.3 Å². The molecule has 2 rings (SSSR count). The number of anilines is 1. The molecule has 0 atom stereocenters. The van der Waals surface area contributed by atoms with E-state index in [4.69, 9.17) is 10.5 Å². The summed E-state index contributed by atoms with van der Waals surface area (Å²) in [5.41, 5.74) is 6.70. The van der Waals surface area contributed by atoms with Crippen LogP contribution in [0.5, 0.6) is 0 Å². The first-order valence-electron chi connectivity index (χ1n) is 7.04. The molecule has 0 aliphatic rings. The number of rotatable bonds is 4. The summed E-state index contributed by atoms with van der Waals surface area (Å²) in [4.78, 5) is 24.5. The van der Waals surface area contributed by atoms with Crippen molar-refractivity contribution in [2.24, 2.45) is 5.92 Å². The summed E-state index contributed by atoms with van der Waals surface area (Å²) in [6.07, 6.45) is 1.57. The Balaban J connectivity index is 2.77. The van der Waals surface area contributed by atoms with Crippen molar-refractivity contribution in [2.45, 2.75) is 27.3 Å². The lowest BCUT2D eigenvalue weighted by atomic mass is 10.1. The van der Waals surface area contributed by atoms with Gasteiger partial charge in [-0.05, 0) is 25.0 Å². The molecule has 0 aliphatic carbocycles. The van der Waals surface area contributed by atoms with Crippen LogP contribution >= 0.6 is 0 Å². The topological polar surface area (TPSA) is 74.3 Å². The van der Waals surface area contributed by atoms with Gasteiger partial charge >= 0.3 is 5.97 Å². The molecular formula is C16H20N2O3. The maximum absolute atomic E-state index is 12.5. The molecule has 0 spiro atoms. The molecule has 0 saturated heterocycles. The molecule has 0 bridgehead atoms. The molecule has 2 aromatic rings. The lowest BCUT2D eigenvalue weighted by Gasteiger charge is -2.15. The average Bonchev–Trinajstić information content (AvgIpc) is 2.41. The normalized spacial score (nSPS) is 11.0. The number of aromatic nitrogens is 1. The van der Waals surface area contributed by atoms with Gasteiger partial charge in [-0.3, -0.25) is 4.79 Å². The molecule has 1 heterocycles. The van der Waals surface area contributed by atoms with Crippen molar-refractivity contribution in [3.05, 3.63) is 40.2 Å². The van der Waals surface area contributed by atoms with Crippen molar-refractivity contribution < 1.29 is 9.53 Å². The zero-order chi connectivity index (χ0) is 15.6. The second-order valence-electron chi connectivity index (χ2n) is 5.38. The first-order valence-corrected chi connectivity index (χ1v) is 7.04. The van der Waals surface area contributed by atoms with Gasteiger partial charge in [0.2, 0.25) is 5.43 Å². The number of esters is 1. The molecule has 112 valence electrons. The maximum atomic E-state index is 12.5. The van der Waals surface area contributed by atoms with Crippen LogP contribution in [-0.2, 0) is 11.3 Å². The number of ether oxygens (including phenoxy) is 1. The first kappa shape index (κ1) is 15.1. The fourth-order valence-corrected chi connectivity index (χ4v) is 2.36. The molecule has 1 aromatic heterocycles. The predicted molar refractivity (Wildman–Crippen MR) is 83.4 cm³/mol. The van der Waals surface area contributed by atoms with E-state index in [0.29, 0.717) is 23.5 Å². The van der Waals surface area contributed by atoms with Gasteiger partial charge in [-0.1, -0.05) is 19.9 Å². The Morgan fingerprint density at radius 1 is 1.38 bits per heavy atom. The number of pyridine rings is 1. The lowest BCUT2D eigenvalue weighted by Crippen LogP contribution is -2.22. The fraction of sp³-hybridized carbons (Fsp3) is 0.375. The van der Waals surface area contributed by atoms with Crippen LogP contribution in [0.4, 0.5) is 5.69 Å². The lowest BCUT2D eigenvalue weighted by molar-refractivity contribution is 0.0524. The van der Waals surface area contributed by atoms with Crippen LogP contribution in [0.2, 0.25) is 0 Å². The molecule has 0 unspecified atom stereocenters. The zero-order valence-electron chi connectivity index (χ0n) is 12.6. The van der Waals surface area contributed by atoms with Crippen molar-refractivity contribution in [3.8, 4) is 0 Å². The monoisotopic (exact) mass is 288 g/mol. The molecular weight excluding hydrogens is 268 g/mol. The third-order valence-corrected chi connectivity index (χ3v) is 3.20. The van der Waals surface area contributed by atoms with Gasteiger partial charge in [0, 0.05) is 18.4 Å². The largest absolute Gasteiger partial charge is 0.462 e. The highest BCUT2D eigenvalue weighted by atomic mass is 16.5. The minimum Gasteiger partial charge on any atom is -0.462 e. The number of fused-ring (bicyclic) bond motifs is 1. The van der Waals surface area contributed by atoms with E-state index in [2.05, 4.69) is 13.8 Å². The Kier molecular flexibility index (Phi) is 4.31. The van der Waals surface area contributed by atoms with Crippen LogP contribution in [0.25, 0.3) is 10.9 Å². The van der Waals surface area contributed by atoms with Crippen LogP contribution in [0, 0.1) is 5.92 Å². The Labute approximate surface area is 123 Å². The SMILES string of the molecule is CCOC(=O)c1cn(CC(C)C)c2cccc(N)c2c1=O. The van der Waals surface area contributed by atoms with Crippen molar-refractivity contribution in [2.75, 3.05) is 12.3 Å². The Bertz CT molecular complexity index is 732. The number of carbonyl (C=O) groups is 1. The Morgan fingerprint density at radius 2 is 2.10 bits per heavy atom. The molecule has 0 fully saturated rings. The number of nitrogens with two attached hydrogens (primary N) is 1. The molecule has 0 radical (unpaired) electrons. The third-order valence-electron chi connectivity index (χ3n) is 3.20. The smallest absolute Gasteiger partial charge is 0.343 e. The number of hydrogen-bond donors (Lipinski definition) is 1. The van der Waals surface area contributed by atoms with Gasteiger partial charge in [-0.25, -0.2) is 4.79 Å². The number of hydrogen-bond acceptors (Lipinski definition) is 4. The molecule has 2 N–H and O–H groups in total. The van der Waals surface area contributed by atoms with Crippen molar-refractivity contribution in [3.63, 3.8) is 0 Å². The highest BCUT2D eigenvalue weighted by Gasteiger charge is 2.18. The number of nitrogen functional groups attached to an aromatic ring is 1. The van der Waals surface area contributed by atoms with Crippen LogP contribution in [-0.4, -0.2) is 17.1 Å². The highest BCUT2D eigenvalue weighted by molar-refractivity contribution is 5.97. The zero-order valence-corrected chi connectivity index (χ0v) is 12.6. The molecule has 0 aliphatic heterocycles. The molecule has 0 saturated carbocycles. The van der Waals surface area contributed by atoms with E-state index in [1.165, 1.54) is 0 Å². The van der Waals surface area contributed by atoms with Crippen LogP contribution in [0.3, 0.4) is 0 Å². The molecule has 21 heavy (non-hydrogen) atoms. The van der Waals surface area contributed by atoms with Crippen molar-refractivity contribution >= 4 is 22.6 Å². The van der Waals surface area contributed by atoms with Crippen LogP contribution < -0.4 is 11.2 Å². The van der Waals surface area contributed by atoms with Gasteiger partial charge in [0.15, 0.2) is 0 Å². The van der Waals surface area contributed by atoms with Gasteiger partial charge in [-0.15, -0.1) is 0 Å². The summed E-state index contributed by atoms with van der Waals surface area (Å²) in [6.45, 7) is 6.76. The summed E-state index contributed by atoms with van der Waals surface area (Å²) < 4.78 is 6.86. The minimum absolute atomic E-state index is 0.0305. The second-order valence-corrected chi connectivity index (χ2v) is 5.38. The summed E-state index contributed by atoms with van der Waals surface area (Å²) in [5.74, 6) is -0.239. The molecule has 1 aromatic carbocycles. The van der Waals surface area contributed by atoms with Crippen molar-refractivity contribution in [1.82, 2.24) is 4.57 Å². The summed E-state index contributed by atoms with van der Waals surface area (Å²) in [7, 11) is 0. The third kappa shape index (κ3) is 2.91. The van der Waals surface area contributed by atoms with Gasteiger partial charge in [0.05, 0.1) is 17.5 Å². The average molecular weight is 288 g/mol. The van der Waals surface area contributed by atoms with Gasteiger partial charge in [0.25, 0.3) is 0 Å². The molecule has 0 amide bonds. The van der Waals surface area contributed by atoms with E-state index in [1.807, 2.05) is 10.6 Å². The van der Waals surface area contributed by atoms with E-state index >= 15 is 0 Å². The number of carbonyl (C=O) groups excluding carboxylic acids is 1. The van der Waals surface area contributed by atoms with Crippen LogP contribution in [0.15, 0.2) is 29.2 Å². The first-order chi connectivity index (χ1) is 9.95. The fourth-order valence-electron chi connectivity index (χ4n) is 2.36. The standard InChI is InChI=1S/C16H20N2O3/c1-4-21-16(20)11-9-18(8-10(2)3)13-7-5-6-12(17)14(13)15(11)19/h5-7,9-10H,4,8,17H2,1-3H3. The van der Waals surface area contributed by atoms with Gasteiger partial charge in [0.1, 0.15) is 5.56 Å². The summed E-state index contributed by atoms with van der Waals surface area (Å²) in [6, 6.07) is 5.31. The van der Waals surface area contributed by atoms with Gasteiger partial charge in [-0.2, -0.15) is 0 Å². The Hall–Kier alpha value is -2.30. The second kappa shape index (κ2) is 5.99. The van der Waals surface area contributed by atoms with Crippen LogP contribution in [0.1, 0.15) is 31.1 Å². The van der Waals surface area contributed by atoms with Gasteiger partial charge < -0.3 is 15.0 Å². The number of benzene rings is 1. The summed E-state index contributed by atoms with van der Waals surface area (Å²) >= 11 is 0. The van der Waals surface area contributed by atoms with Crippen molar-refractivity contribution in [1.29, 1.82) is 0 Å². The maximum Gasteiger partial charge on any atom is 0.343 e. The Morgan fingerprint density at radius 3 is 2.71 bits per heavy atom. The van der Waals surface area contributed by atoms with E-state index in [9.17, 15) is 9.59 Å².